The number of aromatic nitrogens is 4. The maximum absolute atomic E-state index is 4.41. The molecule has 2 aromatic heterocycles. The fourth-order valence-corrected chi connectivity index (χ4v) is 2.90. The minimum absolute atomic E-state index is 0.499. The van der Waals surface area contributed by atoms with E-state index in [1.807, 2.05) is 43.7 Å². The van der Waals surface area contributed by atoms with Crippen molar-refractivity contribution in [1.82, 2.24) is 24.8 Å². The van der Waals surface area contributed by atoms with Crippen LogP contribution in [0.5, 0.6) is 0 Å². The summed E-state index contributed by atoms with van der Waals surface area (Å²) in [6.07, 6.45) is 9.72. The van der Waals surface area contributed by atoms with Crippen molar-refractivity contribution in [3.8, 4) is 0 Å². The number of hydrogen-bond donors (Lipinski definition) is 0. The quantitative estimate of drug-likeness (QED) is 0.856. The average molecular weight is 298 g/mol. The summed E-state index contributed by atoms with van der Waals surface area (Å²) in [7, 11) is 3.90. The highest BCUT2D eigenvalue weighted by Gasteiger charge is 2.22. The Balaban J connectivity index is 1.63. The first-order valence-electron chi connectivity index (χ1n) is 7.69. The molecule has 1 saturated heterocycles. The molecule has 6 heteroatoms. The Kier molecular flexibility index (Phi) is 4.58. The summed E-state index contributed by atoms with van der Waals surface area (Å²) in [6.45, 7) is 3.05. The van der Waals surface area contributed by atoms with Gasteiger partial charge >= 0.3 is 0 Å². The van der Waals surface area contributed by atoms with Crippen LogP contribution in [0.15, 0.2) is 31.0 Å². The molecule has 0 spiro atoms. The zero-order valence-electron chi connectivity index (χ0n) is 13.2. The zero-order chi connectivity index (χ0) is 15.4. The lowest BCUT2D eigenvalue weighted by atomic mass is 9.94. The van der Waals surface area contributed by atoms with Crippen molar-refractivity contribution in [1.29, 1.82) is 0 Å². The summed E-state index contributed by atoms with van der Waals surface area (Å²) < 4.78 is 0. The lowest BCUT2D eigenvalue weighted by Crippen LogP contribution is -2.34. The Bertz CT molecular complexity index is 583. The van der Waals surface area contributed by atoms with Crippen LogP contribution >= 0.6 is 0 Å². The van der Waals surface area contributed by atoms with Crippen molar-refractivity contribution in [3.05, 3.63) is 42.2 Å². The first-order valence-corrected chi connectivity index (χ1v) is 7.69. The van der Waals surface area contributed by atoms with Crippen LogP contribution in [0.1, 0.15) is 30.0 Å². The summed E-state index contributed by atoms with van der Waals surface area (Å²) in [4.78, 5) is 21.6. The van der Waals surface area contributed by atoms with Gasteiger partial charge in [0.05, 0.1) is 0 Å². The predicted octanol–water partition coefficient (Wildman–Crippen LogP) is 1.71. The first kappa shape index (κ1) is 14.8. The highest BCUT2D eigenvalue weighted by Crippen LogP contribution is 2.25. The maximum atomic E-state index is 4.41. The van der Waals surface area contributed by atoms with Crippen molar-refractivity contribution in [2.24, 2.45) is 0 Å². The van der Waals surface area contributed by atoms with Gasteiger partial charge in [-0.2, -0.15) is 0 Å². The summed E-state index contributed by atoms with van der Waals surface area (Å²) in [6, 6.07) is 2.03. The standard InChI is InChI=1S/C16H22N6/c1-21(2)16-18-8-13(9-19-16)10-22-7-3-4-14(11-22)15-5-6-17-12-20-15/h5-6,8-9,12,14H,3-4,7,10-11H2,1-2H3/t14-/m0/s1. The van der Waals surface area contributed by atoms with E-state index in [9.17, 15) is 0 Å². The zero-order valence-corrected chi connectivity index (χ0v) is 13.2. The normalized spacial score (nSPS) is 19.1. The van der Waals surface area contributed by atoms with Gasteiger partial charge in [0, 0.05) is 63.0 Å². The van der Waals surface area contributed by atoms with Crippen molar-refractivity contribution < 1.29 is 0 Å². The van der Waals surface area contributed by atoms with Gasteiger partial charge in [0.15, 0.2) is 0 Å². The van der Waals surface area contributed by atoms with Gasteiger partial charge in [-0.3, -0.25) is 4.90 Å². The van der Waals surface area contributed by atoms with Crippen LogP contribution in [0.2, 0.25) is 0 Å². The Morgan fingerprint density at radius 2 is 2.05 bits per heavy atom. The van der Waals surface area contributed by atoms with Crippen LogP contribution in [0.25, 0.3) is 0 Å². The van der Waals surface area contributed by atoms with Gasteiger partial charge in [-0.1, -0.05) is 0 Å². The van der Waals surface area contributed by atoms with Crippen LogP contribution in [0.3, 0.4) is 0 Å². The largest absolute Gasteiger partial charge is 0.347 e. The van der Waals surface area contributed by atoms with Gasteiger partial charge in [-0.25, -0.2) is 19.9 Å². The molecule has 116 valence electrons. The van der Waals surface area contributed by atoms with Gasteiger partial charge in [0.25, 0.3) is 0 Å². The van der Waals surface area contributed by atoms with Crippen LogP contribution in [-0.2, 0) is 6.54 Å². The molecule has 1 fully saturated rings. The molecule has 1 aliphatic heterocycles. The molecule has 3 rings (SSSR count). The summed E-state index contributed by atoms with van der Waals surface area (Å²) in [5.41, 5.74) is 2.31. The molecule has 22 heavy (non-hydrogen) atoms. The van der Waals surface area contributed by atoms with Crippen molar-refractivity contribution in [2.45, 2.75) is 25.3 Å². The average Bonchev–Trinajstić information content (AvgIpc) is 2.56. The molecule has 0 radical (unpaired) electrons. The number of likely N-dealkylation sites (tertiary alicyclic amines) is 1. The van der Waals surface area contributed by atoms with Crippen molar-refractivity contribution in [2.75, 3.05) is 32.1 Å². The van der Waals surface area contributed by atoms with Gasteiger partial charge in [0.2, 0.25) is 5.95 Å². The van der Waals surface area contributed by atoms with Crippen LogP contribution in [0, 0.1) is 0 Å². The molecule has 3 heterocycles. The third-order valence-electron chi connectivity index (χ3n) is 4.03. The van der Waals surface area contributed by atoms with E-state index >= 15 is 0 Å². The number of piperidine rings is 1. The third-order valence-corrected chi connectivity index (χ3v) is 4.03. The van der Waals surface area contributed by atoms with Crippen LogP contribution in [0.4, 0.5) is 5.95 Å². The predicted molar refractivity (Wildman–Crippen MR) is 85.6 cm³/mol. The molecule has 0 amide bonds. The van der Waals surface area contributed by atoms with E-state index in [0.29, 0.717) is 5.92 Å². The molecule has 2 aromatic rings. The van der Waals surface area contributed by atoms with E-state index < -0.39 is 0 Å². The molecular weight excluding hydrogens is 276 g/mol. The molecule has 6 nitrogen and oxygen atoms in total. The molecule has 0 aromatic carbocycles. The summed E-state index contributed by atoms with van der Waals surface area (Å²) in [5.74, 6) is 1.25. The second-order valence-electron chi connectivity index (χ2n) is 5.99. The Labute approximate surface area is 131 Å². The van der Waals surface area contributed by atoms with Gasteiger partial charge < -0.3 is 4.90 Å². The minimum Gasteiger partial charge on any atom is -0.347 e. The van der Waals surface area contributed by atoms with Crippen LogP contribution < -0.4 is 4.90 Å². The first-order chi connectivity index (χ1) is 10.7. The third kappa shape index (κ3) is 3.57. The van der Waals surface area contributed by atoms with E-state index in [2.05, 4.69) is 24.8 Å². The highest BCUT2D eigenvalue weighted by molar-refractivity contribution is 5.26. The molecule has 1 aliphatic rings. The number of rotatable bonds is 4. The van der Waals surface area contributed by atoms with E-state index in [0.717, 1.165) is 36.8 Å². The second kappa shape index (κ2) is 6.79. The number of nitrogens with zero attached hydrogens (tertiary/aromatic N) is 6. The Morgan fingerprint density at radius 3 is 2.73 bits per heavy atom. The van der Waals surface area contributed by atoms with E-state index in [1.54, 1.807) is 6.33 Å². The monoisotopic (exact) mass is 298 g/mol. The smallest absolute Gasteiger partial charge is 0.224 e. The van der Waals surface area contributed by atoms with Crippen LogP contribution in [-0.4, -0.2) is 52.0 Å². The Hall–Kier alpha value is -2.08. The van der Waals surface area contributed by atoms with Gasteiger partial charge in [-0.05, 0) is 25.5 Å². The fraction of sp³-hybridized carbons (Fsp3) is 0.500. The van der Waals surface area contributed by atoms with Crippen molar-refractivity contribution in [3.63, 3.8) is 0 Å². The lowest BCUT2D eigenvalue weighted by molar-refractivity contribution is 0.198. The minimum atomic E-state index is 0.499. The molecule has 0 aliphatic carbocycles. The summed E-state index contributed by atoms with van der Waals surface area (Å²) >= 11 is 0. The number of anilines is 1. The molecule has 0 saturated carbocycles. The van der Waals surface area contributed by atoms with E-state index in [1.165, 1.54) is 12.8 Å². The SMILES string of the molecule is CN(C)c1ncc(CN2CCC[C@H](c3ccncn3)C2)cn1. The van der Waals surface area contributed by atoms with Crippen molar-refractivity contribution >= 4 is 5.95 Å². The lowest BCUT2D eigenvalue weighted by Gasteiger charge is -2.32. The highest BCUT2D eigenvalue weighted by atomic mass is 15.2. The fourth-order valence-electron chi connectivity index (χ4n) is 2.90. The van der Waals surface area contributed by atoms with E-state index in [4.69, 9.17) is 0 Å². The Morgan fingerprint density at radius 1 is 1.23 bits per heavy atom. The van der Waals surface area contributed by atoms with Gasteiger partial charge in [0.1, 0.15) is 6.33 Å². The molecule has 0 unspecified atom stereocenters. The topological polar surface area (TPSA) is 58.0 Å². The number of hydrogen-bond acceptors (Lipinski definition) is 6. The molecule has 0 N–H and O–H groups in total. The molecule has 0 bridgehead atoms. The maximum Gasteiger partial charge on any atom is 0.224 e. The van der Waals surface area contributed by atoms with Gasteiger partial charge in [-0.15, -0.1) is 0 Å². The summed E-state index contributed by atoms with van der Waals surface area (Å²) in [5, 5.41) is 0. The second-order valence-corrected chi connectivity index (χ2v) is 5.99. The molecular formula is C16H22N6. The molecule has 1 atom stereocenters. The van der Waals surface area contributed by atoms with E-state index in [-0.39, 0.29) is 0 Å².